The van der Waals surface area contributed by atoms with Crippen LogP contribution < -0.4 is 29.6 Å². The number of aliphatic hydroxyl groups excluding tert-OH is 3. The normalized spacial score (nSPS) is 48.2. The zero-order valence-corrected chi connectivity index (χ0v) is 8.95. The van der Waals surface area contributed by atoms with E-state index in [1.165, 1.54) is 0 Å². The Labute approximate surface area is 97.2 Å². The van der Waals surface area contributed by atoms with E-state index in [1.807, 2.05) is 0 Å². The van der Waals surface area contributed by atoms with E-state index < -0.39 is 36.7 Å². The fourth-order valence-electron chi connectivity index (χ4n) is 1.40. The maximum atomic E-state index is 10.7. The predicted octanol–water partition coefficient (Wildman–Crippen LogP) is -5.53. The van der Waals surface area contributed by atoms with Crippen LogP contribution in [-0.2, 0) is 14.3 Å². The number of carbonyl (C=O) groups excluding carboxylic acids is 1. The van der Waals surface area contributed by atoms with Crippen molar-refractivity contribution in [3.8, 4) is 0 Å². The summed E-state index contributed by atoms with van der Waals surface area (Å²) in [7, 11) is 0. The van der Waals surface area contributed by atoms with E-state index in [4.69, 9.17) is 15.3 Å². The minimum Gasteiger partial charge on any atom is -1.00 e. The van der Waals surface area contributed by atoms with Crippen molar-refractivity contribution in [2.45, 2.75) is 30.7 Å². The minimum atomic E-state index is -1.40. The first-order valence-electron chi connectivity index (χ1n) is 3.51. The standard InChI is InChI=1S/C6H8O6.Na.H/c7-1-3-4(12-5(1)9)2(8)6(10)11-3;;/h1-5,7-9H;;/q;+1;-1/t1-,2?,3-,4-,5-;;/m1../s1. The predicted molar refractivity (Wildman–Crippen MR) is 33.9 cm³/mol. The smallest absolute Gasteiger partial charge is 1.00 e. The number of ether oxygens (including phenoxy) is 2. The Balaban J connectivity index is 0.000000845. The van der Waals surface area contributed by atoms with E-state index in [9.17, 15) is 4.79 Å². The van der Waals surface area contributed by atoms with Gasteiger partial charge in [0.05, 0.1) is 0 Å². The minimum absolute atomic E-state index is 0. The molecule has 2 aliphatic rings. The molecular formula is C6H9NaO6. The van der Waals surface area contributed by atoms with Crippen LogP contribution in [0.5, 0.6) is 0 Å². The van der Waals surface area contributed by atoms with Crippen molar-refractivity contribution in [1.29, 1.82) is 0 Å². The van der Waals surface area contributed by atoms with Crippen molar-refractivity contribution >= 4 is 5.97 Å². The summed E-state index contributed by atoms with van der Waals surface area (Å²) in [6, 6.07) is 0. The van der Waals surface area contributed by atoms with Crippen LogP contribution in [0, 0.1) is 0 Å². The average Bonchev–Trinajstić information content (AvgIpc) is 2.43. The number of aliphatic hydroxyl groups is 3. The summed E-state index contributed by atoms with van der Waals surface area (Å²) in [4.78, 5) is 10.7. The van der Waals surface area contributed by atoms with E-state index in [2.05, 4.69) is 9.47 Å². The van der Waals surface area contributed by atoms with E-state index >= 15 is 0 Å². The second kappa shape index (κ2) is 3.82. The molecule has 0 saturated carbocycles. The van der Waals surface area contributed by atoms with Crippen LogP contribution in [-0.4, -0.2) is 52.0 Å². The molecule has 2 fully saturated rings. The Morgan fingerprint density at radius 2 is 1.85 bits per heavy atom. The molecule has 0 aromatic rings. The fourth-order valence-corrected chi connectivity index (χ4v) is 1.40. The first-order valence-corrected chi connectivity index (χ1v) is 3.51. The molecule has 70 valence electrons. The van der Waals surface area contributed by atoms with E-state index in [0.717, 1.165) is 0 Å². The molecule has 7 heteroatoms. The average molecular weight is 200 g/mol. The van der Waals surface area contributed by atoms with Gasteiger partial charge in [-0.15, -0.1) is 0 Å². The number of rotatable bonds is 0. The van der Waals surface area contributed by atoms with Gasteiger partial charge in [-0.3, -0.25) is 0 Å². The summed E-state index contributed by atoms with van der Waals surface area (Å²) in [5.74, 6) is -0.823. The van der Waals surface area contributed by atoms with Gasteiger partial charge in [0.25, 0.3) is 0 Å². The van der Waals surface area contributed by atoms with Gasteiger partial charge in [-0.2, -0.15) is 0 Å². The van der Waals surface area contributed by atoms with Crippen LogP contribution in [0.1, 0.15) is 1.43 Å². The van der Waals surface area contributed by atoms with Crippen molar-refractivity contribution in [2.24, 2.45) is 0 Å². The zero-order valence-electron chi connectivity index (χ0n) is 7.95. The van der Waals surface area contributed by atoms with Gasteiger partial charge < -0.3 is 26.2 Å². The molecule has 6 nitrogen and oxygen atoms in total. The van der Waals surface area contributed by atoms with Gasteiger partial charge in [-0.25, -0.2) is 4.79 Å². The number of esters is 1. The fraction of sp³-hybridized carbons (Fsp3) is 0.833. The summed E-state index contributed by atoms with van der Waals surface area (Å²) >= 11 is 0. The van der Waals surface area contributed by atoms with Gasteiger partial charge >= 0.3 is 35.5 Å². The molecule has 0 spiro atoms. The van der Waals surface area contributed by atoms with Crippen molar-refractivity contribution in [1.82, 2.24) is 0 Å². The SMILES string of the molecule is O=C1O[C@@H]2[C@@H](O)[C@H](O)O[C@@H]2C1O.[H-].[Na+]. The maximum Gasteiger partial charge on any atom is 1.00 e. The molecule has 2 saturated heterocycles. The van der Waals surface area contributed by atoms with E-state index in [0.29, 0.717) is 0 Å². The zero-order chi connectivity index (χ0) is 8.88. The van der Waals surface area contributed by atoms with E-state index in [1.54, 1.807) is 0 Å². The summed E-state index contributed by atoms with van der Waals surface area (Å²) in [5, 5.41) is 27.2. The second-order valence-electron chi connectivity index (χ2n) is 2.83. The molecule has 0 aromatic carbocycles. The monoisotopic (exact) mass is 200 g/mol. The molecule has 2 aliphatic heterocycles. The van der Waals surface area contributed by atoms with E-state index in [-0.39, 0.29) is 31.0 Å². The molecule has 3 N–H and O–H groups in total. The Morgan fingerprint density at radius 3 is 2.38 bits per heavy atom. The quantitative estimate of drug-likeness (QED) is 0.266. The molecule has 1 unspecified atom stereocenters. The van der Waals surface area contributed by atoms with Gasteiger partial charge in [0, 0.05) is 0 Å². The van der Waals surface area contributed by atoms with Gasteiger partial charge in [-0.1, -0.05) is 0 Å². The molecule has 0 aromatic heterocycles. The van der Waals surface area contributed by atoms with Gasteiger partial charge in [0.15, 0.2) is 18.5 Å². The van der Waals surface area contributed by atoms with Gasteiger partial charge in [0.1, 0.15) is 12.2 Å². The Hall–Kier alpha value is 0.310. The van der Waals surface area contributed by atoms with Crippen LogP contribution in [0.15, 0.2) is 0 Å². The van der Waals surface area contributed by atoms with Crippen molar-refractivity contribution in [2.75, 3.05) is 0 Å². The molecule has 0 aliphatic carbocycles. The first kappa shape index (κ1) is 11.4. The summed E-state index contributed by atoms with van der Waals surface area (Å²) < 4.78 is 9.25. The van der Waals surface area contributed by atoms with Crippen LogP contribution in [0.25, 0.3) is 0 Å². The molecular weight excluding hydrogens is 191 g/mol. The molecule has 13 heavy (non-hydrogen) atoms. The Bertz CT molecular complexity index is 226. The van der Waals surface area contributed by atoms with Crippen molar-refractivity contribution in [3.05, 3.63) is 0 Å². The number of carbonyl (C=O) groups is 1. The number of hydrogen-bond acceptors (Lipinski definition) is 6. The largest absolute Gasteiger partial charge is 1.00 e. The summed E-state index contributed by atoms with van der Waals surface area (Å²) in [5.41, 5.74) is 0. The molecule has 0 bridgehead atoms. The Kier molecular flexibility index (Phi) is 3.34. The van der Waals surface area contributed by atoms with Gasteiger partial charge in [0.2, 0.25) is 0 Å². The van der Waals surface area contributed by atoms with Crippen molar-refractivity contribution in [3.63, 3.8) is 0 Å². The van der Waals surface area contributed by atoms with Crippen LogP contribution in [0.2, 0.25) is 0 Å². The third-order valence-electron chi connectivity index (χ3n) is 2.05. The summed E-state index contributed by atoms with van der Waals surface area (Å²) in [6.07, 6.45) is -5.94. The molecule has 0 radical (unpaired) electrons. The molecule has 2 heterocycles. The third-order valence-corrected chi connectivity index (χ3v) is 2.05. The third kappa shape index (κ3) is 1.63. The van der Waals surface area contributed by atoms with Crippen LogP contribution >= 0.6 is 0 Å². The van der Waals surface area contributed by atoms with Crippen LogP contribution in [0.3, 0.4) is 0 Å². The molecule has 5 atom stereocenters. The first-order chi connectivity index (χ1) is 5.61. The molecule has 0 amide bonds. The van der Waals surface area contributed by atoms with Crippen LogP contribution in [0.4, 0.5) is 0 Å². The summed E-state index contributed by atoms with van der Waals surface area (Å²) in [6.45, 7) is 0. The maximum absolute atomic E-state index is 10.7. The number of hydrogen-bond donors (Lipinski definition) is 3. The second-order valence-corrected chi connectivity index (χ2v) is 2.83. The molecule has 2 rings (SSSR count). The van der Waals surface area contributed by atoms with Gasteiger partial charge in [-0.05, 0) is 0 Å². The van der Waals surface area contributed by atoms with Crippen molar-refractivity contribution < 1.29 is 60.6 Å². The Morgan fingerprint density at radius 1 is 1.23 bits per heavy atom. The topological polar surface area (TPSA) is 96.2 Å². The number of fused-ring (bicyclic) bond motifs is 1.